The Bertz CT molecular complexity index is 367. The molecule has 1 unspecified atom stereocenters. The fourth-order valence-corrected chi connectivity index (χ4v) is 1.49. The second kappa shape index (κ2) is 5.85. The Morgan fingerprint density at radius 2 is 2.38 bits per heavy atom. The van der Waals surface area contributed by atoms with Gasteiger partial charge in [0.15, 0.2) is 0 Å². The van der Waals surface area contributed by atoms with E-state index in [1.54, 1.807) is 17.2 Å². The molecule has 1 aliphatic rings. The van der Waals surface area contributed by atoms with Crippen LogP contribution in [0.5, 0.6) is 0 Å². The molecule has 0 aromatic carbocycles. The average molecular weight is 294 g/mol. The minimum Gasteiger partial charge on any atom is -0.367 e. The van der Waals surface area contributed by atoms with E-state index in [4.69, 9.17) is 4.74 Å². The van der Waals surface area contributed by atoms with Gasteiger partial charge in [-0.25, -0.2) is 0 Å². The fourth-order valence-electron chi connectivity index (χ4n) is 1.49. The Hall–Kier alpha value is -0.316. The van der Waals surface area contributed by atoms with Crippen molar-refractivity contribution < 1.29 is 42.2 Å². The number of amides is 1. The van der Waals surface area contributed by atoms with Gasteiger partial charge in [0.25, 0.3) is 0 Å². The predicted octanol–water partition coefficient (Wildman–Crippen LogP) is 0.939. The maximum atomic E-state index is 11.6. The molecule has 0 spiro atoms. The van der Waals surface area contributed by atoms with E-state index in [1.165, 1.54) is 0 Å². The third-order valence-electron chi connectivity index (χ3n) is 2.33. The van der Waals surface area contributed by atoms with E-state index >= 15 is 0 Å². The summed E-state index contributed by atoms with van der Waals surface area (Å²) >= 11 is 0. The molecule has 0 saturated carbocycles. The molecule has 1 aromatic heterocycles. The maximum Gasteiger partial charge on any atom is 0.243 e. The van der Waals surface area contributed by atoms with Crippen molar-refractivity contribution in [1.29, 1.82) is 0 Å². The number of aromatic nitrogens is 1. The van der Waals surface area contributed by atoms with E-state index in [9.17, 15) is 4.79 Å². The van der Waals surface area contributed by atoms with Crippen molar-refractivity contribution >= 4 is 11.7 Å². The first-order chi connectivity index (χ1) is 7.16. The summed E-state index contributed by atoms with van der Waals surface area (Å²) in [5.41, 5.74) is 0.965. The second-order valence-corrected chi connectivity index (χ2v) is 3.71. The zero-order valence-corrected chi connectivity index (χ0v) is 12.3. The van der Waals surface area contributed by atoms with Gasteiger partial charge in [0, 0.05) is 45.1 Å². The SMILES string of the molecule is Cc1[c-]cc(N2CC(C)OCC2=O)nc1.[Y]. The average Bonchev–Trinajstić information content (AvgIpc) is 2.23. The minimum absolute atomic E-state index is 0. The molecule has 1 radical (unpaired) electrons. The van der Waals surface area contributed by atoms with Crippen LogP contribution >= 0.6 is 0 Å². The van der Waals surface area contributed by atoms with Gasteiger partial charge in [-0.2, -0.15) is 6.07 Å². The van der Waals surface area contributed by atoms with Crippen molar-refractivity contribution in [1.82, 2.24) is 4.98 Å². The van der Waals surface area contributed by atoms with Crippen LogP contribution in [0, 0.1) is 13.0 Å². The van der Waals surface area contributed by atoms with Crippen LogP contribution in [-0.4, -0.2) is 30.1 Å². The number of carbonyl (C=O) groups is 1. The van der Waals surface area contributed by atoms with Crippen molar-refractivity contribution in [3.63, 3.8) is 0 Å². The third-order valence-corrected chi connectivity index (χ3v) is 2.33. The number of ether oxygens (including phenoxy) is 1. The fraction of sp³-hybridized carbons (Fsp3) is 0.455. The Morgan fingerprint density at radius 1 is 1.62 bits per heavy atom. The predicted molar refractivity (Wildman–Crippen MR) is 55.6 cm³/mol. The summed E-state index contributed by atoms with van der Waals surface area (Å²) in [5.74, 6) is 0.610. The number of morpholine rings is 1. The van der Waals surface area contributed by atoms with Crippen LogP contribution in [0.2, 0.25) is 0 Å². The molecule has 16 heavy (non-hydrogen) atoms. The molecular formula is C11H13N2O2Y-. The molecule has 1 atom stereocenters. The van der Waals surface area contributed by atoms with Crippen molar-refractivity contribution in [2.75, 3.05) is 18.1 Å². The number of anilines is 1. The minimum atomic E-state index is -0.0437. The number of carbonyl (C=O) groups excluding carboxylic acids is 1. The summed E-state index contributed by atoms with van der Waals surface area (Å²) in [7, 11) is 0. The largest absolute Gasteiger partial charge is 0.367 e. The van der Waals surface area contributed by atoms with Crippen molar-refractivity contribution in [2.45, 2.75) is 20.0 Å². The van der Waals surface area contributed by atoms with E-state index in [0.717, 1.165) is 5.56 Å². The van der Waals surface area contributed by atoms with E-state index < -0.39 is 0 Å². The van der Waals surface area contributed by atoms with E-state index in [-0.39, 0.29) is 51.3 Å². The topological polar surface area (TPSA) is 42.4 Å². The molecule has 1 aromatic rings. The molecule has 5 heteroatoms. The van der Waals surface area contributed by atoms with E-state index in [2.05, 4.69) is 11.1 Å². The van der Waals surface area contributed by atoms with Gasteiger partial charge in [0.1, 0.15) is 6.61 Å². The molecule has 0 aliphatic carbocycles. The molecular weight excluding hydrogens is 281 g/mol. The third kappa shape index (κ3) is 3.09. The van der Waals surface area contributed by atoms with Gasteiger partial charge in [0.2, 0.25) is 5.91 Å². The monoisotopic (exact) mass is 294 g/mol. The van der Waals surface area contributed by atoms with E-state index in [0.29, 0.717) is 12.4 Å². The smallest absolute Gasteiger partial charge is 0.243 e. The Kier molecular flexibility index (Phi) is 5.02. The standard InChI is InChI=1S/C11H13N2O2.Y/c1-8-3-4-10(12-5-8)13-6-9(2)15-7-11(13)14;/h4-5,9H,6-7H2,1-2H3;/q-1;. The van der Waals surface area contributed by atoms with Crippen LogP contribution in [0.3, 0.4) is 0 Å². The van der Waals surface area contributed by atoms with Crippen molar-refractivity contribution in [2.24, 2.45) is 0 Å². The quantitative estimate of drug-likeness (QED) is 0.724. The molecule has 4 nitrogen and oxygen atoms in total. The van der Waals surface area contributed by atoms with Crippen LogP contribution in [0.15, 0.2) is 12.3 Å². The molecule has 83 valence electrons. The molecule has 2 rings (SSSR count). The van der Waals surface area contributed by atoms with Crippen LogP contribution in [0.1, 0.15) is 12.5 Å². The molecule has 1 amide bonds. The number of pyridine rings is 1. The molecule has 1 aliphatic heterocycles. The van der Waals surface area contributed by atoms with E-state index in [1.807, 2.05) is 13.8 Å². The molecule has 1 saturated heterocycles. The second-order valence-electron chi connectivity index (χ2n) is 3.71. The van der Waals surface area contributed by atoms with Gasteiger partial charge in [-0.1, -0.05) is 13.1 Å². The Morgan fingerprint density at radius 3 is 3.00 bits per heavy atom. The molecule has 0 bridgehead atoms. The number of aryl methyl sites for hydroxylation is 1. The van der Waals surface area contributed by atoms with Crippen LogP contribution in [0.4, 0.5) is 5.82 Å². The summed E-state index contributed by atoms with van der Waals surface area (Å²) < 4.78 is 5.24. The van der Waals surface area contributed by atoms with Gasteiger partial charge in [0.05, 0.1) is 6.10 Å². The molecule has 2 heterocycles. The van der Waals surface area contributed by atoms with Crippen molar-refractivity contribution in [3.05, 3.63) is 23.9 Å². The zero-order chi connectivity index (χ0) is 10.8. The Balaban J connectivity index is 0.00000128. The summed E-state index contributed by atoms with van der Waals surface area (Å²) in [4.78, 5) is 17.4. The van der Waals surface area contributed by atoms with Crippen LogP contribution < -0.4 is 4.90 Å². The summed E-state index contributed by atoms with van der Waals surface area (Å²) in [6.07, 6.45) is 1.77. The summed E-state index contributed by atoms with van der Waals surface area (Å²) in [6, 6.07) is 4.78. The van der Waals surface area contributed by atoms with Gasteiger partial charge >= 0.3 is 0 Å². The first-order valence-corrected chi connectivity index (χ1v) is 4.93. The van der Waals surface area contributed by atoms with Crippen LogP contribution in [-0.2, 0) is 42.2 Å². The summed E-state index contributed by atoms with van der Waals surface area (Å²) in [5, 5.41) is 0. The Labute approximate surface area is 120 Å². The first kappa shape index (κ1) is 13.7. The molecule has 1 fully saturated rings. The van der Waals surface area contributed by atoms with Gasteiger partial charge in [-0.15, -0.1) is 11.6 Å². The van der Waals surface area contributed by atoms with Crippen LogP contribution in [0.25, 0.3) is 0 Å². The summed E-state index contributed by atoms with van der Waals surface area (Å²) in [6.45, 7) is 4.55. The van der Waals surface area contributed by atoms with Gasteiger partial charge in [-0.05, 0) is 6.92 Å². The zero-order valence-electron chi connectivity index (χ0n) is 9.43. The van der Waals surface area contributed by atoms with Crippen molar-refractivity contribution in [3.8, 4) is 0 Å². The molecule has 0 N–H and O–H groups in total. The number of hydrogen-bond donors (Lipinski definition) is 0. The number of hydrogen-bond acceptors (Lipinski definition) is 3. The van der Waals surface area contributed by atoms with Gasteiger partial charge in [-0.3, -0.25) is 4.79 Å². The number of nitrogens with zero attached hydrogens (tertiary/aromatic N) is 2. The number of rotatable bonds is 1. The van der Waals surface area contributed by atoms with Gasteiger partial charge < -0.3 is 14.6 Å². The normalized spacial score (nSPS) is 20.5. The first-order valence-electron chi connectivity index (χ1n) is 4.93. The maximum absolute atomic E-state index is 11.6.